The molecule has 0 aliphatic carbocycles. The van der Waals surface area contributed by atoms with Crippen molar-refractivity contribution in [3.05, 3.63) is 95.1 Å². The third kappa shape index (κ3) is 5.77. The Bertz CT molecular complexity index is 1440. The Labute approximate surface area is 234 Å². The maximum Gasteiger partial charge on any atom is 0.258 e. The molecular formula is C32H35N5O3. The highest BCUT2D eigenvalue weighted by Gasteiger charge is 2.30. The van der Waals surface area contributed by atoms with Crippen LogP contribution in [0.25, 0.3) is 11.3 Å². The van der Waals surface area contributed by atoms with E-state index in [0.29, 0.717) is 47.7 Å². The highest BCUT2D eigenvalue weighted by Crippen LogP contribution is 2.38. The van der Waals surface area contributed by atoms with E-state index < -0.39 is 0 Å². The third-order valence-corrected chi connectivity index (χ3v) is 7.12. The van der Waals surface area contributed by atoms with E-state index in [1.165, 1.54) is 0 Å². The Morgan fingerprint density at radius 2 is 1.57 bits per heavy atom. The van der Waals surface area contributed by atoms with Gasteiger partial charge in [0.15, 0.2) is 0 Å². The van der Waals surface area contributed by atoms with E-state index >= 15 is 0 Å². The number of hydrogen-bond donors (Lipinski definition) is 4. The van der Waals surface area contributed by atoms with Crippen LogP contribution in [0, 0.1) is 0 Å². The second-order valence-electron chi connectivity index (χ2n) is 10.5. The molecule has 3 amide bonds. The predicted octanol–water partition coefficient (Wildman–Crippen LogP) is 4.58. The molecule has 3 aromatic carbocycles. The molecule has 0 unspecified atom stereocenters. The minimum absolute atomic E-state index is 0.0104. The summed E-state index contributed by atoms with van der Waals surface area (Å²) in [5.74, 6) is -0.408. The van der Waals surface area contributed by atoms with Crippen molar-refractivity contribution in [3.8, 4) is 0 Å². The molecule has 2 aliphatic rings. The standard InChI is InChI=1S/C32H35N5O3/c1-4-16-33-30(38)24-12-15-26-27(17-24)36-31(39)28(26)29(22-8-6-5-7-9-22)35-25-13-10-23(11-14-25)32(40)37-18-20(2)34-21(3)19-37/h5-15,17,20-21,34-35H,4,16,18-19H2,1-3H3,(H,33,38)(H,36,39)/b29-28-/t20-,21+. The molecule has 0 aromatic heterocycles. The van der Waals surface area contributed by atoms with Crippen molar-refractivity contribution in [2.24, 2.45) is 0 Å². The van der Waals surface area contributed by atoms with Gasteiger partial charge in [-0.2, -0.15) is 0 Å². The van der Waals surface area contributed by atoms with Crippen LogP contribution < -0.4 is 21.3 Å². The van der Waals surface area contributed by atoms with Crippen molar-refractivity contribution in [2.75, 3.05) is 30.3 Å². The zero-order valence-electron chi connectivity index (χ0n) is 23.1. The van der Waals surface area contributed by atoms with Gasteiger partial charge in [0.05, 0.1) is 11.3 Å². The summed E-state index contributed by atoms with van der Waals surface area (Å²) in [7, 11) is 0. The van der Waals surface area contributed by atoms with Crippen LogP contribution in [-0.2, 0) is 4.79 Å². The van der Waals surface area contributed by atoms with Crippen molar-refractivity contribution >= 4 is 40.4 Å². The van der Waals surface area contributed by atoms with Crippen molar-refractivity contribution < 1.29 is 14.4 Å². The van der Waals surface area contributed by atoms with Gasteiger partial charge in [0.1, 0.15) is 0 Å². The Balaban J connectivity index is 1.45. The lowest BCUT2D eigenvalue weighted by atomic mass is 9.98. The number of hydrogen-bond acceptors (Lipinski definition) is 5. The summed E-state index contributed by atoms with van der Waals surface area (Å²) < 4.78 is 0. The van der Waals surface area contributed by atoms with E-state index in [4.69, 9.17) is 0 Å². The summed E-state index contributed by atoms with van der Waals surface area (Å²) in [6.07, 6.45) is 0.843. The largest absolute Gasteiger partial charge is 0.354 e. The molecule has 5 rings (SSSR count). The zero-order chi connectivity index (χ0) is 28.2. The fourth-order valence-electron chi connectivity index (χ4n) is 5.30. The molecule has 3 aromatic rings. The third-order valence-electron chi connectivity index (χ3n) is 7.12. The quantitative estimate of drug-likeness (QED) is 0.331. The van der Waals surface area contributed by atoms with Crippen LogP contribution in [0.5, 0.6) is 0 Å². The molecule has 2 atom stereocenters. The molecule has 8 nitrogen and oxygen atoms in total. The lowest BCUT2D eigenvalue weighted by Crippen LogP contribution is -2.55. The van der Waals surface area contributed by atoms with Crippen LogP contribution in [-0.4, -0.2) is 54.3 Å². The van der Waals surface area contributed by atoms with Gasteiger partial charge in [0.25, 0.3) is 17.7 Å². The normalized spacial score (nSPS) is 19.5. The molecule has 206 valence electrons. The molecule has 40 heavy (non-hydrogen) atoms. The van der Waals surface area contributed by atoms with Gasteiger partial charge in [-0.3, -0.25) is 14.4 Å². The lowest BCUT2D eigenvalue weighted by molar-refractivity contribution is -0.110. The lowest BCUT2D eigenvalue weighted by Gasteiger charge is -2.36. The molecule has 0 radical (unpaired) electrons. The topological polar surface area (TPSA) is 103 Å². The number of carbonyl (C=O) groups is 3. The Morgan fingerprint density at radius 1 is 0.900 bits per heavy atom. The Hall–Kier alpha value is -4.43. The number of carbonyl (C=O) groups excluding carboxylic acids is 3. The molecule has 2 aliphatic heterocycles. The first-order valence-electron chi connectivity index (χ1n) is 13.8. The monoisotopic (exact) mass is 537 g/mol. The molecule has 1 saturated heterocycles. The van der Waals surface area contributed by atoms with Gasteiger partial charge < -0.3 is 26.2 Å². The first-order chi connectivity index (χ1) is 19.3. The first kappa shape index (κ1) is 27.1. The number of nitrogens with zero attached hydrogens (tertiary/aromatic N) is 1. The van der Waals surface area contributed by atoms with E-state index in [0.717, 1.165) is 23.2 Å². The molecular weight excluding hydrogens is 502 g/mol. The maximum absolute atomic E-state index is 13.3. The second-order valence-corrected chi connectivity index (χ2v) is 10.5. The van der Waals surface area contributed by atoms with Crippen LogP contribution in [0.4, 0.5) is 11.4 Å². The molecule has 0 bridgehead atoms. The van der Waals surface area contributed by atoms with E-state index in [1.54, 1.807) is 12.1 Å². The summed E-state index contributed by atoms with van der Waals surface area (Å²) in [5.41, 5.74) is 5.16. The highest BCUT2D eigenvalue weighted by atomic mass is 16.2. The smallest absolute Gasteiger partial charge is 0.258 e. The minimum atomic E-state index is -0.249. The van der Waals surface area contributed by atoms with Crippen LogP contribution in [0.1, 0.15) is 59.0 Å². The summed E-state index contributed by atoms with van der Waals surface area (Å²) >= 11 is 0. The van der Waals surface area contributed by atoms with Gasteiger partial charge in [-0.25, -0.2) is 0 Å². The number of fused-ring (bicyclic) bond motifs is 1. The van der Waals surface area contributed by atoms with E-state index in [1.807, 2.05) is 72.5 Å². The van der Waals surface area contributed by atoms with Gasteiger partial charge in [-0.05, 0) is 62.2 Å². The van der Waals surface area contributed by atoms with Gasteiger partial charge in [0.2, 0.25) is 0 Å². The summed E-state index contributed by atoms with van der Waals surface area (Å²) in [4.78, 5) is 40.8. The summed E-state index contributed by atoms with van der Waals surface area (Å²) in [5, 5.41) is 12.7. The Morgan fingerprint density at radius 3 is 2.25 bits per heavy atom. The van der Waals surface area contributed by atoms with E-state index in [-0.39, 0.29) is 29.8 Å². The van der Waals surface area contributed by atoms with Gasteiger partial charge in [-0.15, -0.1) is 0 Å². The molecule has 0 saturated carbocycles. The van der Waals surface area contributed by atoms with Crippen LogP contribution >= 0.6 is 0 Å². The first-order valence-corrected chi connectivity index (χ1v) is 13.8. The predicted molar refractivity (Wildman–Crippen MR) is 159 cm³/mol. The van der Waals surface area contributed by atoms with E-state index in [2.05, 4.69) is 35.1 Å². The Kier molecular flexibility index (Phi) is 7.98. The fourth-order valence-corrected chi connectivity index (χ4v) is 5.30. The number of amides is 3. The van der Waals surface area contributed by atoms with Crippen molar-refractivity contribution in [2.45, 2.75) is 39.3 Å². The van der Waals surface area contributed by atoms with Crippen LogP contribution in [0.3, 0.4) is 0 Å². The minimum Gasteiger partial charge on any atom is -0.354 e. The highest BCUT2D eigenvalue weighted by molar-refractivity contribution is 6.37. The molecule has 0 spiro atoms. The number of nitrogens with one attached hydrogen (secondary N) is 4. The van der Waals surface area contributed by atoms with Crippen molar-refractivity contribution in [1.29, 1.82) is 0 Å². The number of rotatable bonds is 7. The molecule has 2 heterocycles. The molecule has 1 fully saturated rings. The average molecular weight is 538 g/mol. The SMILES string of the molecule is CCCNC(=O)c1ccc2c(c1)NC(=O)/C2=C(\Nc1ccc(C(=O)N2C[C@@H](C)N[C@@H](C)C2)cc1)c1ccccc1. The number of benzene rings is 3. The molecule has 8 heteroatoms. The maximum atomic E-state index is 13.3. The van der Waals surface area contributed by atoms with Crippen LogP contribution in [0.15, 0.2) is 72.8 Å². The van der Waals surface area contributed by atoms with Gasteiger partial charge >= 0.3 is 0 Å². The van der Waals surface area contributed by atoms with Gasteiger partial charge in [-0.1, -0.05) is 43.3 Å². The molecule has 4 N–H and O–H groups in total. The van der Waals surface area contributed by atoms with Crippen molar-refractivity contribution in [3.63, 3.8) is 0 Å². The average Bonchev–Trinajstić information content (AvgIpc) is 3.29. The number of piperazine rings is 1. The van der Waals surface area contributed by atoms with Gasteiger partial charge in [0, 0.05) is 59.8 Å². The van der Waals surface area contributed by atoms with Crippen molar-refractivity contribution in [1.82, 2.24) is 15.5 Å². The fraction of sp³-hybridized carbons (Fsp3) is 0.281. The second kappa shape index (κ2) is 11.8. The van der Waals surface area contributed by atoms with E-state index in [9.17, 15) is 14.4 Å². The van der Waals surface area contributed by atoms with Crippen LogP contribution in [0.2, 0.25) is 0 Å². The summed E-state index contributed by atoms with van der Waals surface area (Å²) in [6, 6.07) is 22.8. The zero-order valence-corrected chi connectivity index (χ0v) is 23.1. The number of anilines is 2. The summed E-state index contributed by atoms with van der Waals surface area (Å²) in [6.45, 7) is 8.10.